The Labute approximate surface area is 227 Å². The minimum Gasteiger partial charge on any atom is -0.461 e. The Morgan fingerprint density at radius 2 is 2.00 bits per heavy atom. The lowest BCUT2D eigenvalue weighted by molar-refractivity contribution is -0.154. The van der Waals surface area contributed by atoms with Gasteiger partial charge in [-0.25, -0.2) is 0 Å². The fraction of sp³-hybridized carbons (Fsp3) is 0.536. The molecule has 3 aliphatic rings. The number of carbonyl (C=O) groups is 3. The van der Waals surface area contributed by atoms with Gasteiger partial charge in [0.1, 0.15) is 12.6 Å². The predicted molar refractivity (Wildman–Crippen MR) is 147 cm³/mol. The molecule has 1 spiro atoms. The molecule has 3 heterocycles. The zero-order valence-electron chi connectivity index (χ0n) is 21.2. The van der Waals surface area contributed by atoms with Crippen LogP contribution in [0, 0.1) is 11.8 Å². The van der Waals surface area contributed by atoms with E-state index < -0.39 is 33.3 Å². The van der Waals surface area contributed by atoms with Crippen LogP contribution in [0.1, 0.15) is 39.0 Å². The van der Waals surface area contributed by atoms with Crippen molar-refractivity contribution in [3.8, 4) is 0 Å². The van der Waals surface area contributed by atoms with Crippen LogP contribution in [0.2, 0.25) is 5.02 Å². The number of aliphatic hydroxyl groups excluding tert-OH is 1. The number of para-hydroxylation sites is 1. The Morgan fingerprint density at radius 3 is 2.68 bits per heavy atom. The maximum Gasteiger partial charge on any atom is 0.311 e. The third kappa shape index (κ3) is 4.72. The van der Waals surface area contributed by atoms with E-state index in [1.165, 1.54) is 6.08 Å². The normalized spacial score (nSPS) is 29.8. The molecule has 1 N–H and O–H groups in total. The van der Waals surface area contributed by atoms with Crippen LogP contribution in [0.5, 0.6) is 0 Å². The highest BCUT2D eigenvalue weighted by Gasteiger charge is 2.77. The van der Waals surface area contributed by atoms with Crippen molar-refractivity contribution in [3.05, 3.63) is 54.6 Å². The van der Waals surface area contributed by atoms with E-state index in [1.807, 2.05) is 13.0 Å². The number of nitrogens with zero attached hydrogens (tertiary/aromatic N) is 2. The number of hydrogen-bond acceptors (Lipinski definition) is 6. The van der Waals surface area contributed by atoms with E-state index in [0.29, 0.717) is 42.9 Å². The van der Waals surface area contributed by atoms with E-state index in [1.54, 1.807) is 45.8 Å². The van der Waals surface area contributed by atoms with Crippen LogP contribution in [0.15, 0.2) is 49.6 Å². The smallest absolute Gasteiger partial charge is 0.311 e. The number of aliphatic hydroxyl groups is 1. The lowest BCUT2D eigenvalue weighted by Crippen LogP contribution is -2.55. The van der Waals surface area contributed by atoms with Crippen LogP contribution in [0.4, 0.5) is 5.69 Å². The number of benzene rings is 1. The maximum atomic E-state index is 14.5. The van der Waals surface area contributed by atoms with Gasteiger partial charge in [0.25, 0.3) is 5.91 Å². The molecule has 3 aliphatic heterocycles. The average Bonchev–Trinajstić information content (AvgIpc) is 3.44. The first kappa shape index (κ1) is 27.7. The summed E-state index contributed by atoms with van der Waals surface area (Å²) in [4.78, 5) is 45.1. The fourth-order valence-electron chi connectivity index (χ4n) is 6.36. The van der Waals surface area contributed by atoms with E-state index in [2.05, 4.69) is 13.2 Å². The van der Waals surface area contributed by atoms with Gasteiger partial charge in [0.2, 0.25) is 5.91 Å². The largest absolute Gasteiger partial charge is 0.461 e. The molecule has 1 aromatic rings. The fourth-order valence-corrected chi connectivity index (χ4v) is 8.94. The molecule has 0 radical (unpaired) electrons. The van der Waals surface area contributed by atoms with E-state index >= 15 is 0 Å². The van der Waals surface area contributed by atoms with Gasteiger partial charge in [0, 0.05) is 24.4 Å². The first-order valence-electron chi connectivity index (χ1n) is 12.8. The molecule has 5 atom stereocenters. The van der Waals surface area contributed by atoms with Gasteiger partial charge in [0.15, 0.2) is 0 Å². The molecule has 37 heavy (non-hydrogen) atoms. The van der Waals surface area contributed by atoms with Crippen LogP contribution >= 0.6 is 23.4 Å². The standard InChI is InChI=1S/C28H35ClN2O5S/c1-4-15-30(20-12-8-7-11-19(20)29)25(34)23-28-14-13-27(3,37-28)22(26(35)36-18-5-2)21(28)24(33)31(23)16-9-6-10-17-32/h4-5,7-8,11-12,21-23,32H,1-2,6,9-10,13-18H2,3H3/t21-,22+,23?,27-,28?/m0/s1. The number of fused-ring (bicyclic) bond motifs is 1. The Balaban J connectivity index is 1.76. The summed E-state index contributed by atoms with van der Waals surface area (Å²) in [6.45, 7) is 10.3. The van der Waals surface area contributed by atoms with Gasteiger partial charge >= 0.3 is 5.97 Å². The minimum absolute atomic E-state index is 0.0773. The van der Waals surface area contributed by atoms with Crippen molar-refractivity contribution in [2.24, 2.45) is 11.8 Å². The molecular weight excluding hydrogens is 512 g/mol. The van der Waals surface area contributed by atoms with Crippen molar-refractivity contribution in [1.29, 1.82) is 0 Å². The Bertz CT molecular complexity index is 1080. The summed E-state index contributed by atoms with van der Waals surface area (Å²) in [6, 6.07) is 6.40. The summed E-state index contributed by atoms with van der Waals surface area (Å²) >= 11 is 8.11. The van der Waals surface area contributed by atoms with Crippen molar-refractivity contribution in [2.45, 2.75) is 54.6 Å². The predicted octanol–water partition coefficient (Wildman–Crippen LogP) is 4.23. The molecule has 3 saturated heterocycles. The molecule has 2 amide bonds. The number of ether oxygens (including phenoxy) is 1. The summed E-state index contributed by atoms with van der Waals surface area (Å²) in [5.41, 5.74) is 0.562. The first-order valence-corrected chi connectivity index (χ1v) is 14.0. The van der Waals surface area contributed by atoms with Gasteiger partial charge in [-0.2, -0.15) is 0 Å². The Kier molecular flexibility index (Phi) is 8.41. The summed E-state index contributed by atoms with van der Waals surface area (Å²) in [7, 11) is 0. The number of rotatable bonds is 12. The molecule has 1 aromatic carbocycles. The molecule has 0 aliphatic carbocycles. The lowest BCUT2D eigenvalue weighted by Gasteiger charge is -2.37. The number of likely N-dealkylation sites (tertiary alicyclic amines) is 1. The highest BCUT2D eigenvalue weighted by atomic mass is 35.5. The maximum absolute atomic E-state index is 14.5. The van der Waals surface area contributed by atoms with Gasteiger partial charge in [0.05, 0.1) is 27.3 Å². The van der Waals surface area contributed by atoms with Gasteiger partial charge in [-0.3, -0.25) is 14.4 Å². The lowest BCUT2D eigenvalue weighted by atomic mass is 9.66. The number of thioether (sulfide) groups is 1. The second-order valence-corrected chi connectivity index (χ2v) is 12.5. The number of anilines is 1. The first-order chi connectivity index (χ1) is 17.8. The van der Waals surface area contributed by atoms with Crippen LogP contribution in [0.3, 0.4) is 0 Å². The number of unbranched alkanes of at least 4 members (excludes halogenated alkanes) is 2. The summed E-state index contributed by atoms with van der Waals surface area (Å²) < 4.78 is 4.24. The molecule has 2 bridgehead atoms. The SMILES string of the molecule is C=CCOC(=O)[C@H]1[C@H]2C(=O)N(CCCCCO)C(C(=O)N(CC=C)c3ccccc3Cl)C23CC[C@]1(C)S3. The molecule has 200 valence electrons. The quantitative estimate of drug-likeness (QED) is 0.240. The Hall–Kier alpha value is -2.29. The van der Waals surface area contributed by atoms with Gasteiger partial charge < -0.3 is 19.6 Å². The van der Waals surface area contributed by atoms with Crippen molar-refractivity contribution in [3.63, 3.8) is 0 Å². The molecule has 0 aromatic heterocycles. The van der Waals surface area contributed by atoms with Crippen molar-refractivity contribution < 1.29 is 24.2 Å². The summed E-state index contributed by atoms with van der Waals surface area (Å²) in [6.07, 6.45) is 6.54. The number of halogens is 1. The second kappa shape index (κ2) is 11.2. The average molecular weight is 547 g/mol. The van der Waals surface area contributed by atoms with E-state index in [4.69, 9.17) is 16.3 Å². The number of hydrogen-bond donors (Lipinski definition) is 1. The van der Waals surface area contributed by atoms with Crippen LogP contribution in [-0.4, -0.2) is 69.6 Å². The molecular formula is C28H35ClN2O5S. The topological polar surface area (TPSA) is 87.1 Å². The molecule has 4 rings (SSSR count). The molecule has 9 heteroatoms. The van der Waals surface area contributed by atoms with Gasteiger partial charge in [-0.15, -0.1) is 18.3 Å². The number of amides is 2. The van der Waals surface area contributed by atoms with Crippen LogP contribution in [0.25, 0.3) is 0 Å². The van der Waals surface area contributed by atoms with E-state index in [9.17, 15) is 19.5 Å². The third-order valence-electron chi connectivity index (χ3n) is 7.89. The van der Waals surface area contributed by atoms with Gasteiger partial charge in [-0.1, -0.05) is 42.5 Å². The second-order valence-electron chi connectivity index (χ2n) is 10.2. The summed E-state index contributed by atoms with van der Waals surface area (Å²) in [5, 5.41) is 9.66. The van der Waals surface area contributed by atoms with Crippen LogP contribution in [-0.2, 0) is 19.1 Å². The molecule has 7 nitrogen and oxygen atoms in total. The zero-order valence-corrected chi connectivity index (χ0v) is 22.8. The minimum atomic E-state index is -0.751. The molecule has 0 saturated carbocycles. The molecule has 3 fully saturated rings. The summed E-state index contributed by atoms with van der Waals surface area (Å²) in [5.74, 6) is -2.07. The Morgan fingerprint density at radius 1 is 1.24 bits per heavy atom. The highest BCUT2D eigenvalue weighted by molar-refractivity contribution is 8.02. The van der Waals surface area contributed by atoms with Crippen LogP contribution < -0.4 is 4.90 Å². The third-order valence-corrected chi connectivity index (χ3v) is 10.2. The van der Waals surface area contributed by atoms with Crippen molar-refractivity contribution in [1.82, 2.24) is 4.90 Å². The monoisotopic (exact) mass is 546 g/mol. The van der Waals surface area contributed by atoms with E-state index in [-0.39, 0.29) is 31.6 Å². The van der Waals surface area contributed by atoms with E-state index in [0.717, 1.165) is 6.42 Å². The number of esters is 1. The zero-order chi connectivity index (χ0) is 26.8. The van der Waals surface area contributed by atoms with Gasteiger partial charge in [-0.05, 0) is 51.2 Å². The highest BCUT2D eigenvalue weighted by Crippen LogP contribution is 2.71. The van der Waals surface area contributed by atoms with Crippen molar-refractivity contribution in [2.75, 3.05) is 31.2 Å². The number of carbonyl (C=O) groups excluding carboxylic acids is 3. The van der Waals surface area contributed by atoms with Crippen molar-refractivity contribution >= 4 is 46.8 Å². The molecule has 2 unspecified atom stereocenters.